The normalized spacial score (nSPS) is 26.6. The second kappa shape index (κ2) is 5.39. The van der Waals surface area contributed by atoms with E-state index in [0.717, 1.165) is 12.2 Å². The summed E-state index contributed by atoms with van der Waals surface area (Å²) in [5.41, 5.74) is 0. The highest BCUT2D eigenvalue weighted by Gasteiger charge is 2.30. The lowest BCUT2D eigenvalue weighted by atomic mass is 10.1. The third-order valence-electron chi connectivity index (χ3n) is 2.61. The molecule has 4 heteroatoms. The van der Waals surface area contributed by atoms with Crippen molar-refractivity contribution in [2.75, 3.05) is 12.9 Å². The zero-order valence-corrected chi connectivity index (χ0v) is 9.43. The molecule has 1 saturated carbocycles. The number of esters is 1. The summed E-state index contributed by atoms with van der Waals surface area (Å²) < 4.78 is 4.54. The van der Waals surface area contributed by atoms with Crippen LogP contribution in [0, 0.1) is 5.92 Å². The molecule has 2 atom stereocenters. The Bertz CT molecular complexity index is 227. The number of rotatable bonds is 4. The molecule has 0 heterocycles. The number of thioether (sulfide) groups is 1. The van der Waals surface area contributed by atoms with E-state index in [9.17, 15) is 9.59 Å². The van der Waals surface area contributed by atoms with Crippen molar-refractivity contribution in [1.82, 2.24) is 0 Å². The van der Waals surface area contributed by atoms with Gasteiger partial charge in [0.05, 0.1) is 13.5 Å². The maximum atomic E-state index is 11.2. The Hall–Kier alpha value is -0.510. The van der Waals surface area contributed by atoms with Crippen molar-refractivity contribution in [2.24, 2.45) is 5.92 Å². The zero-order chi connectivity index (χ0) is 10.6. The molecule has 0 saturated heterocycles. The predicted molar refractivity (Wildman–Crippen MR) is 56.3 cm³/mol. The average molecular weight is 216 g/mol. The summed E-state index contributed by atoms with van der Waals surface area (Å²) >= 11 is 1.72. The number of ketones is 1. The van der Waals surface area contributed by atoms with E-state index in [0.29, 0.717) is 23.9 Å². The second-order valence-electron chi connectivity index (χ2n) is 3.53. The van der Waals surface area contributed by atoms with Gasteiger partial charge in [-0.25, -0.2) is 0 Å². The van der Waals surface area contributed by atoms with Crippen molar-refractivity contribution in [1.29, 1.82) is 0 Å². The van der Waals surface area contributed by atoms with Crippen molar-refractivity contribution < 1.29 is 14.3 Å². The molecule has 0 spiro atoms. The summed E-state index contributed by atoms with van der Waals surface area (Å²) in [4.78, 5) is 22.1. The Morgan fingerprint density at radius 3 is 2.86 bits per heavy atom. The highest BCUT2D eigenvalue weighted by Crippen LogP contribution is 2.32. The van der Waals surface area contributed by atoms with E-state index in [4.69, 9.17) is 0 Å². The summed E-state index contributed by atoms with van der Waals surface area (Å²) in [5, 5.41) is 0.409. The van der Waals surface area contributed by atoms with Crippen LogP contribution in [0.1, 0.15) is 26.2 Å². The van der Waals surface area contributed by atoms with E-state index in [-0.39, 0.29) is 11.9 Å². The lowest BCUT2D eigenvalue weighted by Crippen LogP contribution is -2.13. The van der Waals surface area contributed by atoms with Crippen LogP contribution in [0.4, 0.5) is 0 Å². The van der Waals surface area contributed by atoms with Gasteiger partial charge in [-0.2, -0.15) is 11.8 Å². The smallest absolute Gasteiger partial charge is 0.306 e. The number of ether oxygens (including phenoxy) is 1. The number of methoxy groups -OCH3 is 1. The third kappa shape index (κ3) is 3.01. The van der Waals surface area contributed by atoms with Crippen molar-refractivity contribution in [2.45, 2.75) is 31.4 Å². The van der Waals surface area contributed by atoms with Gasteiger partial charge in [0.25, 0.3) is 0 Å². The van der Waals surface area contributed by atoms with Gasteiger partial charge in [0.2, 0.25) is 0 Å². The molecule has 0 amide bonds. The van der Waals surface area contributed by atoms with E-state index in [2.05, 4.69) is 4.74 Å². The molecule has 1 aliphatic rings. The second-order valence-corrected chi connectivity index (χ2v) is 4.88. The molecule has 0 aromatic rings. The summed E-state index contributed by atoms with van der Waals surface area (Å²) in [7, 11) is 1.40. The SMILES string of the molecule is COC(=O)CCSC1CCC(=O)C1C. The van der Waals surface area contributed by atoms with Gasteiger partial charge < -0.3 is 4.74 Å². The van der Waals surface area contributed by atoms with E-state index in [1.54, 1.807) is 11.8 Å². The summed E-state index contributed by atoms with van der Waals surface area (Å²) in [5.74, 6) is 1.11. The maximum absolute atomic E-state index is 11.2. The fourth-order valence-corrected chi connectivity index (χ4v) is 2.91. The summed E-state index contributed by atoms with van der Waals surface area (Å²) in [6.45, 7) is 1.98. The Morgan fingerprint density at radius 1 is 1.64 bits per heavy atom. The standard InChI is InChI=1S/C10H16O3S/c1-7-8(11)3-4-9(7)14-6-5-10(12)13-2/h7,9H,3-6H2,1-2H3. The van der Waals surface area contributed by atoms with Crippen LogP contribution in [0.2, 0.25) is 0 Å². The molecule has 1 rings (SSSR count). The van der Waals surface area contributed by atoms with Gasteiger partial charge in [-0.1, -0.05) is 6.92 Å². The van der Waals surface area contributed by atoms with Crippen molar-refractivity contribution >= 4 is 23.5 Å². The first-order valence-electron chi connectivity index (χ1n) is 4.86. The number of Topliss-reactive ketones (excluding diaryl/α,β-unsaturated/α-hetero) is 1. The summed E-state index contributed by atoms with van der Waals surface area (Å²) in [6, 6.07) is 0. The maximum Gasteiger partial charge on any atom is 0.306 e. The molecular formula is C10H16O3S. The fourth-order valence-electron chi connectivity index (χ4n) is 1.59. The molecule has 2 unspecified atom stereocenters. The number of hydrogen-bond acceptors (Lipinski definition) is 4. The molecule has 0 aromatic carbocycles. The van der Waals surface area contributed by atoms with E-state index >= 15 is 0 Å². The third-order valence-corrected chi connectivity index (χ3v) is 4.12. The van der Waals surface area contributed by atoms with Crippen LogP contribution in [0.15, 0.2) is 0 Å². The molecule has 0 aromatic heterocycles. The predicted octanol–water partition coefficient (Wildman–Crippen LogP) is 1.65. The molecule has 0 bridgehead atoms. The zero-order valence-electron chi connectivity index (χ0n) is 8.62. The highest BCUT2D eigenvalue weighted by molar-refractivity contribution is 7.99. The molecule has 3 nitrogen and oxygen atoms in total. The van der Waals surface area contributed by atoms with Gasteiger partial charge in [-0.3, -0.25) is 9.59 Å². The Morgan fingerprint density at radius 2 is 2.36 bits per heavy atom. The molecule has 80 valence electrons. The Labute approximate surface area is 88.6 Å². The minimum atomic E-state index is -0.172. The van der Waals surface area contributed by atoms with Crippen LogP contribution in [-0.4, -0.2) is 29.9 Å². The van der Waals surface area contributed by atoms with Crippen molar-refractivity contribution in [3.63, 3.8) is 0 Å². The van der Waals surface area contributed by atoms with Crippen LogP contribution in [0.5, 0.6) is 0 Å². The number of hydrogen-bond donors (Lipinski definition) is 0. The number of carbonyl (C=O) groups is 2. The van der Waals surface area contributed by atoms with E-state index < -0.39 is 0 Å². The average Bonchev–Trinajstić information content (AvgIpc) is 2.49. The quantitative estimate of drug-likeness (QED) is 0.670. The summed E-state index contributed by atoms with van der Waals surface area (Å²) in [6.07, 6.45) is 2.11. The van der Waals surface area contributed by atoms with Gasteiger partial charge in [0, 0.05) is 23.3 Å². The Balaban J connectivity index is 2.19. The van der Waals surface area contributed by atoms with Gasteiger partial charge >= 0.3 is 5.97 Å². The lowest BCUT2D eigenvalue weighted by Gasteiger charge is -2.12. The monoisotopic (exact) mass is 216 g/mol. The highest BCUT2D eigenvalue weighted by atomic mass is 32.2. The minimum absolute atomic E-state index is 0.164. The molecule has 1 fully saturated rings. The van der Waals surface area contributed by atoms with Crippen molar-refractivity contribution in [3.8, 4) is 0 Å². The molecule has 14 heavy (non-hydrogen) atoms. The van der Waals surface area contributed by atoms with Gasteiger partial charge in [-0.15, -0.1) is 0 Å². The van der Waals surface area contributed by atoms with Crippen LogP contribution in [0.25, 0.3) is 0 Å². The topological polar surface area (TPSA) is 43.4 Å². The first-order chi connectivity index (χ1) is 6.65. The molecule has 0 aliphatic heterocycles. The van der Waals surface area contributed by atoms with Crippen LogP contribution < -0.4 is 0 Å². The van der Waals surface area contributed by atoms with E-state index in [1.165, 1.54) is 7.11 Å². The lowest BCUT2D eigenvalue weighted by molar-refractivity contribution is -0.140. The van der Waals surface area contributed by atoms with Crippen LogP contribution >= 0.6 is 11.8 Å². The van der Waals surface area contributed by atoms with Crippen LogP contribution in [-0.2, 0) is 14.3 Å². The molecule has 0 N–H and O–H groups in total. The fraction of sp³-hybridized carbons (Fsp3) is 0.800. The number of carbonyl (C=O) groups excluding carboxylic acids is 2. The van der Waals surface area contributed by atoms with Gasteiger partial charge in [-0.05, 0) is 6.42 Å². The van der Waals surface area contributed by atoms with Gasteiger partial charge in [0.15, 0.2) is 0 Å². The minimum Gasteiger partial charge on any atom is -0.469 e. The first-order valence-corrected chi connectivity index (χ1v) is 5.91. The van der Waals surface area contributed by atoms with Crippen molar-refractivity contribution in [3.05, 3.63) is 0 Å². The largest absolute Gasteiger partial charge is 0.469 e. The van der Waals surface area contributed by atoms with Crippen LogP contribution in [0.3, 0.4) is 0 Å². The Kier molecular flexibility index (Phi) is 4.45. The molecular weight excluding hydrogens is 200 g/mol. The van der Waals surface area contributed by atoms with Gasteiger partial charge in [0.1, 0.15) is 5.78 Å². The first kappa shape index (κ1) is 11.6. The molecule has 1 aliphatic carbocycles. The molecule has 0 radical (unpaired) electrons. The van der Waals surface area contributed by atoms with E-state index in [1.807, 2.05) is 6.92 Å².